The first kappa shape index (κ1) is 14.3. The van der Waals surface area contributed by atoms with Gasteiger partial charge in [-0.3, -0.25) is 4.79 Å². The summed E-state index contributed by atoms with van der Waals surface area (Å²) in [5, 5.41) is 3.70. The van der Waals surface area contributed by atoms with E-state index in [1.807, 2.05) is 31.2 Å². The first-order chi connectivity index (χ1) is 10.1. The van der Waals surface area contributed by atoms with Crippen LogP contribution in [-0.2, 0) is 24.1 Å². The van der Waals surface area contributed by atoms with Gasteiger partial charge >= 0.3 is 0 Å². The topological polar surface area (TPSA) is 42.0 Å². The van der Waals surface area contributed by atoms with E-state index in [0.29, 0.717) is 6.42 Å². The van der Waals surface area contributed by atoms with E-state index in [2.05, 4.69) is 17.2 Å². The molecule has 1 heterocycles. The van der Waals surface area contributed by atoms with Crippen LogP contribution in [0.1, 0.15) is 35.0 Å². The van der Waals surface area contributed by atoms with Crippen LogP contribution in [-0.4, -0.2) is 10.9 Å². The van der Waals surface area contributed by atoms with E-state index >= 15 is 0 Å². The zero-order valence-electron chi connectivity index (χ0n) is 12.5. The van der Waals surface area contributed by atoms with Crippen LogP contribution < -0.4 is 5.32 Å². The molecule has 0 radical (unpaired) electrons. The van der Waals surface area contributed by atoms with Gasteiger partial charge in [0.15, 0.2) is 5.13 Å². The number of carbonyl (C=O) groups is 1. The second-order valence-corrected chi connectivity index (χ2v) is 7.03. The Morgan fingerprint density at radius 2 is 2.14 bits per heavy atom. The Morgan fingerprint density at radius 1 is 1.38 bits per heavy atom. The van der Waals surface area contributed by atoms with Crippen molar-refractivity contribution >= 4 is 22.4 Å². The van der Waals surface area contributed by atoms with Crippen molar-refractivity contribution in [1.29, 1.82) is 0 Å². The van der Waals surface area contributed by atoms with Crippen LogP contribution in [0.3, 0.4) is 0 Å². The molecular formula is C17H20N2OS. The molecule has 1 aromatic carbocycles. The van der Waals surface area contributed by atoms with Crippen LogP contribution in [0.5, 0.6) is 0 Å². The molecule has 4 heteroatoms. The third kappa shape index (κ3) is 3.50. The maximum atomic E-state index is 12.1. The van der Waals surface area contributed by atoms with E-state index in [-0.39, 0.29) is 5.91 Å². The summed E-state index contributed by atoms with van der Waals surface area (Å²) in [5.74, 6) is 0.743. The summed E-state index contributed by atoms with van der Waals surface area (Å²) in [6.45, 7) is 4.32. The van der Waals surface area contributed by atoms with Crippen LogP contribution in [0, 0.1) is 12.8 Å². The summed E-state index contributed by atoms with van der Waals surface area (Å²) < 4.78 is 0. The van der Waals surface area contributed by atoms with Gasteiger partial charge in [-0.2, -0.15) is 0 Å². The molecule has 1 aromatic heterocycles. The predicted octanol–water partition coefficient (Wildman–Crippen LogP) is 3.76. The van der Waals surface area contributed by atoms with Crippen molar-refractivity contribution in [2.24, 2.45) is 5.92 Å². The van der Waals surface area contributed by atoms with Crippen molar-refractivity contribution in [1.82, 2.24) is 4.98 Å². The van der Waals surface area contributed by atoms with Gasteiger partial charge in [-0.05, 0) is 37.7 Å². The Hall–Kier alpha value is -1.68. The summed E-state index contributed by atoms with van der Waals surface area (Å²) in [7, 11) is 0. The Kier molecular flexibility index (Phi) is 4.06. The molecule has 1 amide bonds. The summed E-state index contributed by atoms with van der Waals surface area (Å²) in [6.07, 6.45) is 3.75. The lowest BCUT2D eigenvalue weighted by atomic mass is 9.93. The van der Waals surface area contributed by atoms with Gasteiger partial charge in [-0.25, -0.2) is 4.98 Å². The number of hydrogen-bond acceptors (Lipinski definition) is 3. The molecule has 21 heavy (non-hydrogen) atoms. The molecule has 0 spiro atoms. The molecule has 1 unspecified atom stereocenters. The lowest BCUT2D eigenvalue weighted by Crippen LogP contribution is -2.14. The van der Waals surface area contributed by atoms with Gasteiger partial charge in [0.1, 0.15) is 0 Å². The molecule has 1 aliphatic carbocycles. The van der Waals surface area contributed by atoms with Crippen LogP contribution >= 0.6 is 11.3 Å². The third-order valence-corrected chi connectivity index (χ3v) is 4.95. The monoisotopic (exact) mass is 300 g/mol. The Labute approximate surface area is 129 Å². The van der Waals surface area contributed by atoms with Crippen molar-refractivity contribution in [2.75, 3.05) is 5.32 Å². The van der Waals surface area contributed by atoms with Crippen molar-refractivity contribution in [2.45, 2.75) is 39.5 Å². The molecule has 3 rings (SSSR count). The van der Waals surface area contributed by atoms with Crippen LogP contribution in [0.2, 0.25) is 0 Å². The molecule has 1 atom stereocenters. The number of carbonyl (C=O) groups excluding carboxylic acids is 1. The second-order valence-electron chi connectivity index (χ2n) is 5.95. The number of aryl methyl sites for hydroxylation is 2. The molecule has 3 nitrogen and oxygen atoms in total. The molecule has 2 aromatic rings. The minimum atomic E-state index is 0.0120. The third-order valence-electron chi connectivity index (χ3n) is 3.92. The van der Waals surface area contributed by atoms with Gasteiger partial charge in [0.2, 0.25) is 5.91 Å². The number of benzene rings is 1. The van der Waals surface area contributed by atoms with Crippen LogP contribution in [0.25, 0.3) is 0 Å². The molecular weight excluding hydrogens is 280 g/mol. The number of fused-ring (bicyclic) bond motifs is 1. The SMILES string of the molecule is Cc1ccc(CC(=O)Nc2nc3c(s2)CC(C)CC3)cc1. The highest BCUT2D eigenvalue weighted by atomic mass is 32.1. The van der Waals surface area contributed by atoms with Gasteiger partial charge in [0, 0.05) is 4.88 Å². The van der Waals surface area contributed by atoms with Gasteiger partial charge in [-0.15, -0.1) is 11.3 Å². The average Bonchev–Trinajstić information content (AvgIpc) is 2.82. The molecule has 110 valence electrons. The van der Waals surface area contributed by atoms with Gasteiger partial charge in [-0.1, -0.05) is 36.8 Å². The summed E-state index contributed by atoms with van der Waals surface area (Å²) in [6, 6.07) is 8.07. The quantitative estimate of drug-likeness (QED) is 0.938. The summed E-state index contributed by atoms with van der Waals surface area (Å²) in [5.41, 5.74) is 3.43. The van der Waals surface area contributed by atoms with E-state index in [4.69, 9.17) is 0 Å². The highest BCUT2D eigenvalue weighted by Gasteiger charge is 2.20. The van der Waals surface area contributed by atoms with Crippen molar-refractivity contribution in [3.63, 3.8) is 0 Å². The van der Waals surface area contributed by atoms with Gasteiger partial charge < -0.3 is 5.32 Å². The largest absolute Gasteiger partial charge is 0.302 e. The Balaban J connectivity index is 1.64. The number of hydrogen-bond donors (Lipinski definition) is 1. The number of anilines is 1. The van der Waals surface area contributed by atoms with Crippen molar-refractivity contribution in [3.05, 3.63) is 46.0 Å². The number of nitrogens with one attached hydrogen (secondary N) is 1. The lowest BCUT2D eigenvalue weighted by Gasteiger charge is -2.15. The van der Waals surface area contributed by atoms with Crippen LogP contribution in [0.15, 0.2) is 24.3 Å². The zero-order chi connectivity index (χ0) is 14.8. The number of thiazole rings is 1. The molecule has 1 aliphatic rings. The van der Waals surface area contributed by atoms with Gasteiger partial charge in [0.05, 0.1) is 12.1 Å². The van der Waals surface area contributed by atoms with E-state index in [1.165, 1.54) is 22.6 Å². The van der Waals surface area contributed by atoms with E-state index < -0.39 is 0 Å². The second kappa shape index (κ2) is 5.98. The smallest absolute Gasteiger partial charge is 0.230 e. The number of nitrogens with zero attached hydrogens (tertiary/aromatic N) is 1. The Bertz CT molecular complexity index is 645. The highest BCUT2D eigenvalue weighted by molar-refractivity contribution is 7.15. The molecule has 1 N–H and O–H groups in total. The van der Waals surface area contributed by atoms with E-state index in [1.54, 1.807) is 11.3 Å². The minimum absolute atomic E-state index is 0.0120. The molecule has 0 saturated carbocycles. The van der Waals surface area contributed by atoms with Gasteiger partial charge in [0.25, 0.3) is 0 Å². The minimum Gasteiger partial charge on any atom is -0.302 e. The average molecular weight is 300 g/mol. The molecule has 0 aliphatic heterocycles. The molecule has 0 saturated heterocycles. The fourth-order valence-corrected chi connectivity index (χ4v) is 3.84. The first-order valence-electron chi connectivity index (χ1n) is 7.44. The summed E-state index contributed by atoms with van der Waals surface area (Å²) >= 11 is 1.64. The lowest BCUT2D eigenvalue weighted by molar-refractivity contribution is -0.115. The maximum Gasteiger partial charge on any atom is 0.230 e. The standard InChI is InChI=1S/C17H20N2OS/c1-11-3-6-13(7-4-11)10-16(20)19-17-18-14-8-5-12(2)9-15(14)21-17/h3-4,6-7,12H,5,8-10H2,1-2H3,(H,18,19,20). The number of amides is 1. The fraction of sp³-hybridized carbons (Fsp3) is 0.412. The van der Waals surface area contributed by atoms with E-state index in [9.17, 15) is 4.79 Å². The molecule has 0 fully saturated rings. The van der Waals surface area contributed by atoms with Crippen molar-refractivity contribution in [3.8, 4) is 0 Å². The van der Waals surface area contributed by atoms with Crippen LogP contribution in [0.4, 0.5) is 5.13 Å². The maximum absolute atomic E-state index is 12.1. The number of aromatic nitrogens is 1. The fourth-order valence-electron chi connectivity index (χ4n) is 2.65. The highest BCUT2D eigenvalue weighted by Crippen LogP contribution is 2.32. The van der Waals surface area contributed by atoms with Crippen molar-refractivity contribution < 1.29 is 4.79 Å². The number of rotatable bonds is 3. The Morgan fingerprint density at radius 3 is 2.90 bits per heavy atom. The predicted molar refractivity (Wildman–Crippen MR) is 86.8 cm³/mol. The normalized spacial score (nSPS) is 17.3. The first-order valence-corrected chi connectivity index (χ1v) is 8.26. The zero-order valence-corrected chi connectivity index (χ0v) is 13.3. The van der Waals surface area contributed by atoms with E-state index in [0.717, 1.165) is 29.5 Å². The molecule has 0 bridgehead atoms. The summed E-state index contributed by atoms with van der Waals surface area (Å²) in [4.78, 5) is 18.0.